The molecule has 0 saturated heterocycles. The van der Waals surface area contributed by atoms with Gasteiger partial charge in [-0.25, -0.2) is 0 Å². The average molecular weight is 230 g/mol. The molecule has 0 unspecified atom stereocenters. The number of hydrogen-bond donors (Lipinski definition) is 0. The maximum Gasteiger partial charge on any atom is 0.241 e. The van der Waals surface area contributed by atoms with E-state index in [0.717, 1.165) is 0 Å². The monoisotopic (exact) mass is 229 g/mol. The third kappa shape index (κ3) is 2.02. The maximum absolute atomic E-state index is 7.84. The van der Waals surface area contributed by atoms with Crippen LogP contribution in [0.5, 0.6) is 5.88 Å². The van der Waals surface area contributed by atoms with Crippen LogP contribution in [-0.4, -0.2) is 16.3 Å². The average Bonchev–Trinajstić information content (AvgIpc) is 2.39. The van der Waals surface area contributed by atoms with Gasteiger partial charge in [-0.3, -0.25) is 0 Å². The van der Waals surface area contributed by atoms with Crippen LogP contribution in [0.25, 0.3) is 10.8 Å². The van der Waals surface area contributed by atoms with Gasteiger partial charge in [0.15, 0.2) is 5.15 Å². The number of fused-ring (bicyclic) bond motifs is 1. The summed E-state index contributed by atoms with van der Waals surface area (Å²) in [6.07, 6.45) is -3.18. The first-order valence-corrected chi connectivity index (χ1v) is 4.45. The van der Waals surface area contributed by atoms with E-state index in [0.29, 0.717) is 5.39 Å². The molecule has 78 valence electrons. The number of rotatable bonds is 2. The van der Waals surface area contributed by atoms with Gasteiger partial charge >= 0.3 is 0 Å². The molecule has 3 nitrogen and oxygen atoms in total. The molecule has 0 bridgehead atoms. The lowest BCUT2D eigenvalue weighted by Crippen LogP contribution is -2.08. The molecular formula is C11H11ClN2O. The van der Waals surface area contributed by atoms with Crippen molar-refractivity contribution in [3.8, 4) is 5.88 Å². The van der Waals surface area contributed by atoms with Crippen molar-refractivity contribution in [1.29, 1.82) is 0 Å². The molecule has 4 heteroatoms. The van der Waals surface area contributed by atoms with Crippen molar-refractivity contribution < 1.29 is 14.3 Å². The van der Waals surface area contributed by atoms with E-state index in [1.165, 1.54) is 6.07 Å². The Morgan fingerprint density at radius 2 is 2.07 bits per heavy atom. The van der Waals surface area contributed by atoms with Crippen LogP contribution in [0.1, 0.15) is 23.3 Å². The first-order valence-electron chi connectivity index (χ1n) is 7.57. The first-order chi connectivity index (χ1) is 9.97. The van der Waals surface area contributed by atoms with E-state index in [2.05, 4.69) is 10.2 Å². The summed E-state index contributed by atoms with van der Waals surface area (Å²) in [5.41, 5.74) is 0. The molecule has 1 aromatic carbocycles. The smallest absolute Gasteiger partial charge is 0.241 e. The van der Waals surface area contributed by atoms with E-state index in [1.54, 1.807) is 18.2 Å². The molecule has 0 N–H and O–H groups in total. The van der Waals surface area contributed by atoms with Crippen molar-refractivity contribution in [2.45, 2.75) is 19.8 Å². The van der Waals surface area contributed by atoms with Crippen LogP contribution >= 0.6 is 11.6 Å². The highest BCUT2D eigenvalue weighted by Gasteiger charge is 2.09. The number of ether oxygens (including phenoxy) is 1. The van der Waals surface area contributed by atoms with Gasteiger partial charge in [-0.2, -0.15) is 0 Å². The van der Waals surface area contributed by atoms with E-state index in [4.69, 9.17) is 25.9 Å². The lowest BCUT2D eigenvalue weighted by atomic mass is 10.2. The van der Waals surface area contributed by atoms with Gasteiger partial charge in [0.25, 0.3) is 0 Å². The van der Waals surface area contributed by atoms with Crippen molar-refractivity contribution in [3.05, 3.63) is 29.4 Å². The minimum atomic E-state index is -3.22. The molecule has 0 fully saturated rings. The zero-order valence-corrected chi connectivity index (χ0v) is 8.25. The molecule has 2 aromatic rings. The van der Waals surface area contributed by atoms with Gasteiger partial charge in [0.2, 0.25) is 5.88 Å². The molecule has 1 heterocycles. The van der Waals surface area contributed by atoms with Crippen LogP contribution in [0.3, 0.4) is 0 Å². The molecule has 0 aliphatic carbocycles. The van der Waals surface area contributed by atoms with Gasteiger partial charge in [0.1, 0.15) is 0 Å². The Kier molecular flexibility index (Phi) is 1.25. The Morgan fingerprint density at radius 3 is 2.80 bits per heavy atom. The van der Waals surface area contributed by atoms with E-state index in [9.17, 15) is 0 Å². The van der Waals surface area contributed by atoms with Crippen LogP contribution in [0.2, 0.25) is 5.15 Å². The fraction of sp³-hybridized carbons (Fsp3) is 0.273. The highest BCUT2D eigenvalue weighted by atomic mass is 35.5. The third-order valence-corrected chi connectivity index (χ3v) is 2.09. The molecule has 0 spiro atoms. The minimum absolute atomic E-state index is 0.0568. The summed E-state index contributed by atoms with van der Waals surface area (Å²) in [5, 5.41) is 7.93. The Bertz CT molecular complexity index is 687. The van der Waals surface area contributed by atoms with Crippen LogP contribution < -0.4 is 4.74 Å². The number of nitrogens with zero attached hydrogens (tertiary/aromatic N) is 2. The zero-order chi connectivity index (χ0) is 16.8. The molecule has 0 saturated carbocycles. The second kappa shape index (κ2) is 4.03. The van der Waals surface area contributed by atoms with Gasteiger partial charge in [0.05, 0.1) is 7.45 Å². The van der Waals surface area contributed by atoms with Crippen molar-refractivity contribution in [1.82, 2.24) is 10.2 Å². The second-order valence-electron chi connectivity index (χ2n) is 2.77. The third-order valence-electron chi connectivity index (χ3n) is 1.81. The Morgan fingerprint density at radius 1 is 1.33 bits per heavy atom. The summed E-state index contributed by atoms with van der Waals surface area (Å²) < 4.78 is 56.8. The zero-order valence-electron chi connectivity index (χ0n) is 14.5. The normalized spacial score (nSPS) is 20.2. The molecule has 0 amide bonds. The van der Waals surface area contributed by atoms with Gasteiger partial charge < -0.3 is 4.74 Å². The summed E-state index contributed by atoms with van der Waals surface area (Å²) in [4.78, 5) is 0. The van der Waals surface area contributed by atoms with Gasteiger partial charge in [-0.1, -0.05) is 29.8 Å². The molecular weight excluding hydrogens is 212 g/mol. The van der Waals surface area contributed by atoms with Crippen molar-refractivity contribution in [2.75, 3.05) is 0 Å². The summed E-state index contributed by atoms with van der Waals surface area (Å²) in [7, 11) is 0. The van der Waals surface area contributed by atoms with Crippen LogP contribution in [-0.2, 0) is 0 Å². The van der Waals surface area contributed by atoms with E-state index in [1.807, 2.05) is 0 Å². The topological polar surface area (TPSA) is 35.0 Å². The van der Waals surface area contributed by atoms with E-state index < -0.39 is 19.8 Å². The van der Waals surface area contributed by atoms with Gasteiger partial charge in [0, 0.05) is 19.0 Å². The SMILES string of the molecule is [2H]C([2H])([2H])C([2H])(Oc1nnc(Cl)c2ccccc12)C([2H])([2H])[2H]. The summed E-state index contributed by atoms with van der Waals surface area (Å²) in [6, 6.07) is 6.39. The standard InChI is InChI=1S/C11H11ClN2O/c1-7(2)15-11-9-6-4-3-5-8(9)10(12)13-14-11/h3-7H,1-2H3/i1D3,2D3,7D. The number of hydrogen-bond acceptors (Lipinski definition) is 3. The summed E-state index contributed by atoms with van der Waals surface area (Å²) in [5.74, 6) is -0.373. The van der Waals surface area contributed by atoms with E-state index in [-0.39, 0.29) is 16.4 Å². The van der Waals surface area contributed by atoms with Gasteiger partial charge in [-0.15, -0.1) is 10.2 Å². The Hall–Kier alpha value is -1.35. The summed E-state index contributed by atoms with van der Waals surface area (Å²) >= 11 is 5.88. The van der Waals surface area contributed by atoms with Crippen LogP contribution in [0, 0.1) is 0 Å². The minimum Gasteiger partial charge on any atom is -0.473 e. The van der Waals surface area contributed by atoms with Crippen molar-refractivity contribution in [3.63, 3.8) is 0 Å². The largest absolute Gasteiger partial charge is 0.473 e. The molecule has 0 aliphatic heterocycles. The Labute approximate surface area is 103 Å². The Balaban J connectivity index is 2.60. The molecule has 15 heavy (non-hydrogen) atoms. The number of halogens is 1. The quantitative estimate of drug-likeness (QED) is 0.794. The fourth-order valence-electron chi connectivity index (χ4n) is 1.22. The predicted molar refractivity (Wildman–Crippen MR) is 60.3 cm³/mol. The van der Waals surface area contributed by atoms with E-state index >= 15 is 0 Å². The number of aromatic nitrogens is 2. The molecule has 0 aliphatic rings. The highest BCUT2D eigenvalue weighted by Crippen LogP contribution is 2.27. The molecule has 1 aromatic heterocycles. The summed E-state index contributed by atoms with van der Waals surface area (Å²) in [6.45, 7) is -6.44. The van der Waals surface area contributed by atoms with Crippen molar-refractivity contribution in [2.24, 2.45) is 0 Å². The number of benzene rings is 1. The molecule has 0 atom stereocenters. The first kappa shape index (κ1) is 4.66. The maximum atomic E-state index is 7.84. The molecule has 2 rings (SSSR count). The lowest BCUT2D eigenvalue weighted by molar-refractivity contribution is 0.233. The predicted octanol–water partition coefficient (Wildman–Crippen LogP) is 3.07. The highest BCUT2D eigenvalue weighted by molar-refractivity contribution is 6.34. The van der Waals surface area contributed by atoms with Crippen LogP contribution in [0.4, 0.5) is 0 Å². The fourth-order valence-corrected chi connectivity index (χ4v) is 1.42. The lowest BCUT2D eigenvalue weighted by Gasteiger charge is -2.10. The molecule has 0 radical (unpaired) electrons. The van der Waals surface area contributed by atoms with Crippen LogP contribution in [0.15, 0.2) is 24.3 Å². The second-order valence-corrected chi connectivity index (χ2v) is 3.13. The van der Waals surface area contributed by atoms with Gasteiger partial charge in [-0.05, 0) is 19.8 Å². The van der Waals surface area contributed by atoms with Crippen molar-refractivity contribution >= 4 is 22.4 Å².